The van der Waals surface area contributed by atoms with Crippen LogP contribution >= 0.6 is 0 Å². The van der Waals surface area contributed by atoms with Crippen molar-refractivity contribution in [1.29, 1.82) is 0 Å². The molecule has 1 atom stereocenters. The Hall–Kier alpha value is -1.39. The van der Waals surface area contributed by atoms with Gasteiger partial charge in [-0.1, -0.05) is 0 Å². The van der Waals surface area contributed by atoms with E-state index in [-0.39, 0.29) is 6.47 Å². The first-order valence-electron chi connectivity index (χ1n) is 2.91. The molecule has 11 heavy (non-hydrogen) atoms. The Bertz CT molecular complexity index is 174. The average Bonchev–Trinajstić information content (AvgIpc) is 1.86. The van der Waals surface area contributed by atoms with E-state index in [0.717, 1.165) is 0 Å². The molecule has 62 valence electrons. The van der Waals surface area contributed by atoms with E-state index in [1.807, 2.05) is 0 Å². The number of ether oxygens (including phenoxy) is 1. The van der Waals surface area contributed by atoms with Crippen molar-refractivity contribution in [3.63, 3.8) is 0 Å². The van der Waals surface area contributed by atoms with Crippen LogP contribution in [0.3, 0.4) is 0 Å². The minimum atomic E-state index is -1.23. The lowest BCUT2D eigenvalue weighted by Crippen LogP contribution is -2.22. The van der Waals surface area contributed by atoms with Crippen LogP contribution in [0.4, 0.5) is 0 Å². The molecule has 0 aromatic heterocycles. The minimum absolute atomic E-state index is 0.115. The highest BCUT2D eigenvalue weighted by atomic mass is 16.5. The minimum Gasteiger partial charge on any atom is -0.481 e. The van der Waals surface area contributed by atoms with E-state index in [1.54, 1.807) is 0 Å². The first-order chi connectivity index (χ1) is 5.07. The van der Waals surface area contributed by atoms with Crippen LogP contribution in [0.15, 0.2) is 0 Å². The van der Waals surface area contributed by atoms with Gasteiger partial charge in [0.1, 0.15) is 6.42 Å². The van der Waals surface area contributed by atoms with Gasteiger partial charge in [0, 0.05) is 0 Å². The van der Waals surface area contributed by atoms with Gasteiger partial charge in [0.05, 0.1) is 0 Å². The van der Waals surface area contributed by atoms with Gasteiger partial charge in [0.15, 0.2) is 11.9 Å². The SMILES string of the molecule is CC(OC=O)C(=O)CC(=O)O. The number of Topliss-reactive ketones (excluding diaryl/α,β-unsaturated/α-hetero) is 1. The van der Waals surface area contributed by atoms with Gasteiger partial charge in [-0.15, -0.1) is 0 Å². The molecule has 0 bridgehead atoms. The molecule has 5 heteroatoms. The average molecular weight is 160 g/mol. The van der Waals surface area contributed by atoms with E-state index in [1.165, 1.54) is 6.92 Å². The Morgan fingerprint density at radius 2 is 2.18 bits per heavy atom. The number of rotatable bonds is 5. The fourth-order valence-corrected chi connectivity index (χ4v) is 0.452. The molecule has 0 amide bonds. The Labute approximate surface area is 63.0 Å². The molecule has 0 spiro atoms. The lowest BCUT2D eigenvalue weighted by molar-refractivity contribution is -0.148. The summed E-state index contributed by atoms with van der Waals surface area (Å²) in [6.45, 7) is 1.43. The van der Waals surface area contributed by atoms with Crippen LogP contribution in [-0.2, 0) is 19.1 Å². The van der Waals surface area contributed by atoms with Crippen molar-refractivity contribution in [2.24, 2.45) is 0 Å². The molecule has 0 aliphatic carbocycles. The molecule has 0 aliphatic heterocycles. The summed E-state index contributed by atoms with van der Waals surface area (Å²) in [5.74, 6) is -1.85. The lowest BCUT2D eigenvalue weighted by atomic mass is 10.2. The predicted octanol–water partition coefficient (Wildman–Crippen LogP) is -0.408. The Balaban J connectivity index is 3.82. The molecule has 0 aromatic rings. The van der Waals surface area contributed by atoms with Crippen molar-refractivity contribution in [2.45, 2.75) is 19.4 Å². The molecule has 0 aromatic carbocycles. The summed E-state index contributed by atoms with van der Waals surface area (Å²) >= 11 is 0. The summed E-state index contributed by atoms with van der Waals surface area (Å²) in [7, 11) is 0. The van der Waals surface area contributed by atoms with Gasteiger partial charge in [-0.05, 0) is 6.92 Å². The molecule has 1 N–H and O–H groups in total. The fraction of sp³-hybridized carbons (Fsp3) is 0.500. The van der Waals surface area contributed by atoms with E-state index >= 15 is 0 Å². The monoisotopic (exact) mass is 160 g/mol. The van der Waals surface area contributed by atoms with Crippen molar-refractivity contribution >= 4 is 18.2 Å². The van der Waals surface area contributed by atoms with Crippen LogP contribution in [0.2, 0.25) is 0 Å². The van der Waals surface area contributed by atoms with Crippen LogP contribution in [-0.4, -0.2) is 29.4 Å². The molecule has 0 radical (unpaired) electrons. The predicted molar refractivity (Wildman–Crippen MR) is 33.9 cm³/mol. The Morgan fingerprint density at radius 1 is 1.64 bits per heavy atom. The van der Waals surface area contributed by atoms with Gasteiger partial charge in [0.25, 0.3) is 6.47 Å². The van der Waals surface area contributed by atoms with E-state index in [0.29, 0.717) is 0 Å². The second-order valence-electron chi connectivity index (χ2n) is 1.91. The van der Waals surface area contributed by atoms with Gasteiger partial charge in [0.2, 0.25) is 0 Å². The van der Waals surface area contributed by atoms with Gasteiger partial charge < -0.3 is 9.84 Å². The van der Waals surface area contributed by atoms with Crippen LogP contribution in [0.25, 0.3) is 0 Å². The number of ketones is 1. The second kappa shape index (κ2) is 4.43. The van der Waals surface area contributed by atoms with Crippen LogP contribution in [0.5, 0.6) is 0 Å². The highest BCUT2D eigenvalue weighted by molar-refractivity contribution is 5.97. The molecule has 0 fully saturated rings. The Morgan fingerprint density at radius 3 is 2.55 bits per heavy atom. The molecular weight excluding hydrogens is 152 g/mol. The second-order valence-corrected chi connectivity index (χ2v) is 1.91. The number of hydrogen-bond donors (Lipinski definition) is 1. The number of carboxylic acid groups (broad SMARTS) is 1. The van der Waals surface area contributed by atoms with Crippen LogP contribution < -0.4 is 0 Å². The summed E-state index contributed by atoms with van der Waals surface area (Å²) in [5, 5.41) is 8.14. The summed E-state index contributed by atoms with van der Waals surface area (Å²) < 4.78 is 4.21. The van der Waals surface area contributed by atoms with Crippen LogP contribution in [0, 0.1) is 0 Å². The lowest BCUT2D eigenvalue weighted by Gasteiger charge is -2.04. The summed E-state index contributed by atoms with van der Waals surface area (Å²) in [5.41, 5.74) is 0. The summed E-state index contributed by atoms with van der Waals surface area (Å²) in [4.78, 5) is 30.3. The maximum Gasteiger partial charge on any atom is 0.311 e. The van der Waals surface area contributed by atoms with Gasteiger partial charge in [-0.2, -0.15) is 0 Å². The van der Waals surface area contributed by atoms with Gasteiger partial charge in [-0.25, -0.2) is 0 Å². The fourth-order valence-electron chi connectivity index (χ4n) is 0.452. The smallest absolute Gasteiger partial charge is 0.311 e. The topological polar surface area (TPSA) is 80.7 Å². The normalized spacial score (nSPS) is 11.7. The first kappa shape index (κ1) is 9.61. The van der Waals surface area contributed by atoms with Crippen molar-refractivity contribution in [2.75, 3.05) is 0 Å². The van der Waals surface area contributed by atoms with Crippen molar-refractivity contribution in [3.05, 3.63) is 0 Å². The zero-order valence-electron chi connectivity index (χ0n) is 5.94. The molecule has 0 rings (SSSR count). The third-order valence-corrected chi connectivity index (χ3v) is 1.04. The quantitative estimate of drug-likeness (QED) is 0.436. The number of carbonyl (C=O) groups excluding carboxylic acids is 2. The number of aliphatic carboxylic acids is 1. The largest absolute Gasteiger partial charge is 0.481 e. The zero-order chi connectivity index (χ0) is 8.85. The maximum absolute atomic E-state index is 10.7. The third-order valence-electron chi connectivity index (χ3n) is 1.04. The zero-order valence-corrected chi connectivity index (χ0v) is 5.94. The Kier molecular flexibility index (Phi) is 3.87. The van der Waals surface area contributed by atoms with Crippen molar-refractivity contribution in [1.82, 2.24) is 0 Å². The molecule has 0 saturated carbocycles. The highest BCUT2D eigenvalue weighted by Gasteiger charge is 2.16. The highest BCUT2D eigenvalue weighted by Crippen LogP contribution is 1.94. The number of carboxylic acids is 1. The van der Waals surface area contributed by atoms with Crippen molar-refractivity contribution < 1.29 is 24.2 Å². The molecular formula is C6H8O5. The van der Waals surface area contributed by atoms with E-state index in [9.17, 15) is 14.4 Å². The summed E-state index contributed by atoms with van der Waals surface area (Å²) in [6.07, 6.45) is -1.58. The van der Waals surface area contributed by atoms with E-state index < -0.39 is 24.3 Å². The van der Waals surface area contributed by atoms with Crippen molar-refractivity contribution in [3.8, 4) is 0 Å². The van der Waals surface area contributed by atoms with E-state index in [2.05, 4.69) is 4.74 Å². The number of carbonyl (C=O) groups is 3. The first-order valence-corrected chi connectivity index (χ1v) is 2.91. The molecule has 5 nitrogen and oxygen atoms in total. The van der Waals surface area contributed by atoms with Gasteiger partial charge >= 0.3 is 5.97 Å². The maximum atomic E-state index is 10.7. The standard InChI is InChI=1S/C6H8O5/c1-4(11-3-7)5(8)2-6(9)10/h3-4H,2H2,1H3,(H,9,10). The third kappa shape index (κ3) is 4.07. The van der Waals surface area contributed by atoms with Crippen LogP contribution in [0.1, 0.15) is 13.3 Å². The molecule has 0 aliphatic rings. The molecule has 0 heterocycles. The summed E-state index contributed by atoms with van der Waals surface area (Å²) in [6, 6.07) is 0. The van der Waals surface area contributed by atoms with Gasteiger partial charge in [-0.3, -0.25) is 14.4 Å². The molecule has 0 saturated heterocycles. The molecule has 1 unspecified atom stereocenters. The van der Waals surface area contributed by atoms with E-state index in [4.69, 9.17) is 5.11 Å². The number of hydrogen-bond acceptors (Lipinski definition) is 4.